The van der Waals surface area contributed by atoms with Gasteiger partial charge in [0, 0.05) is 16.3 Å². The molecule has 0 spiro atoms. The number of benzene rings is 3. The van der Waals surface area contributed by atoms with E-state index in [-0.39, 0.29) is 0 Å². The molecular formula is C21H13N. The van der Waals surface area contributed by atoms with Crippen LogP contribution in [0.1, 0.15) is 16.8 Å². The molecule has 0 N–H and O–H groups in total. The van der Waals surface area contributed by atoms with Gasteiger partial charge in [-0.05, 0) is 28.7 Å². The van der Waals surface area contributed by atoms with Gasteiger partial charge in [-0.15, -0.1) is 0 Å². The zero-order chi connectivity index (χ0) is 14.5. The molecule has 0 amide bonds. The second-order valence-corrected chi connectivity index (χ2v) is 5.67. The number of rotatable bonds is 1. The molecule has 0 radical (unpaired) electrons. The van der Waals surface area contributed by atoms with Crippen molar-refractivity contribution in [2.45, 2.75) is 0 Å². The van der Waals surface area contributed by atoms with Crippen LogP contribution in [0.15, 0.2) is 72.8 Å². The predicted octanol–water partition coefficient (Wildman–Crippen LogP) is 5.29. The maximum Gasteiger partial charge on any atom is 0.0800 e. The van der Waals surface area contributed by atoms with Gasteiger partial charge in [0.25, 0.3) is 0 Å². The van der Waals surface area contributed by atoms with Gasteiger partial charge in [0.2, 0.25) is 0 Å². The first-order valence-electron chi connectivity index (χ1n) is 7.51. The molecule has 3 aromatic carbocycles. The van der Waals surface area contributed by atoms with Crippen LogP contribution in [0.5, 0.6) is 0 Å². The van der Waals surface area contributed by atoms with Gasteiger partial charge in [-0.1, -0.05) is 66.7 Å². The van der Waals surface area contributed by atoms with Crippen molar-refractivity contribution >= 4 is 33.3 Å². The molecule has 5 rings (SSSR count). The average Bonchev–Trinajstić information content (AvgIpc) is 2.96. The number of hydrogen-bond acceptors (Lipinski definition) is 1. The van der Waals surface area contributed by atoms with Crippen molar-refractivity contribution in [1.82, 2.24) is 4.98 Å². The van der Waals surface area contributed by atoms with Crippen molar-refractivity contribution < 1.29 is 0 Å². The lowest BCUT2D eigenvalue weighted by molar-refractivity contribution is 1.38. The summed E-state index contributed by atoms with van der Waals surface area (Å²) in [7, 11) is 0. The van der Waals surface area contributed by atoms with Crippen LogP contribution in [-0.2, 0) is 0 Å². The van der Waals surface area contributed by atoms with Gasteiger partial charge < -0.3 is 0 Å². The minimum absolute atomic E-state index is 1.06. The Labute approximate surface area is 128 Å². The molecule has 1 aliphatic rings. The molecule has 0 saturated heterocycles. The summed E-state index contributed by atoms with van der Waals surface area (Å²) in [5.74, 6) is 0. The van der Waals surface area contributed by atoms with Gasteiger partial charge in [-0.25, -0.2) is 4.98 Å². The number of aromatic nitrogens is 1. The summed E-state index contributed by atoms with van der Waals surface area (Å²) in [4.78, 5) is 4.96. The van der Waals surface area contributed by atoms with Crippen LogP contribution in [0.3, 0.4) is 0 Å². The Hall–Kier alpha value is -2.93. The van der Waals surface area contributed by atoms with E-state index >= 15 is 0 Å². The van der Waals surface area contributed by atoms with E-state index in [9.17, 15) is 0 Å². The summed E-state index contributed by atoms with van der Waals surface area (Å²) in [5, 5.41) is 3.80. The van der Waals surface area contributed by atoms with E-state index in [0.29, 0.717) is 0 Å². The lowest BCUT2D eigenvalue weighted by Crippen LogP contribution is -1.91. The van der Waals surface area contributed by atoms with Crippen molar-refractivity contribution in [1.29, 1.82) is 0 Å². The van der Waals surface area contributed by atoms with Gasteiger partial charge in [0.15, 0.2) is 0 Å². The number of nitrogens with zero attached hydrogens (tertiary/aromatic N) is 1. The molecule has 0 aliphatic heterocycles. The summed E-state index contributed by atoms with van der Waals surface area (Å²) >= 11 is 0. The van der Waals surface area contributed by atoms with Crippen molar-refractivity contribution in [3.63, 3.8) is 0 Å². The lowest BCUT2D eigenvalue weighted by Gasteiger charge is -2.09. The topological polar surface area (TPSA) is 12.9 Å². The standard InChI is InChI=1S/C21H13N/c1-2-7-14(8-3-1)18-13-15-9-6-11-17-16-10-4-5-12-19(16)22-21(18)20(15)17/h1-13H. The Morgan fingerprint density at radius 3 is 2.32 bits per heavy atom. The Balaban J connectivity index is 1.93. The number of pyridine rings is 1. The first kappa shape index (κ1) is 11.7. The van der Waals surface area contributed by atoms with E-state index in [1.807, 2.05) is 0 Å². The quantitative estimate of drug-likeness (QED) is 0.380. The fourth-order valence-electron chi connectivity index (χ4n) is 3.41. The van der Waals surface area contributed by atoms with E-state index in [1.165, 1.54) is 32.9 Å². The fourth-order valence-corrected chi connectivity index (χ4v) is 3.41. The molecule has 0 bridgehead atoms. The highest BCUT2D eigenvalue weighted by atomic mass is 14.7. The third kappa shape index (κ3) is 1.51. The van der Waals surface area contributed by atoms with Crippen LogP contribution >= 0.6 is 0 Å². The second kappa shape index (κ2) is 4.28. The fraction of sp³-hybridized carbons (Fsp3) is 0. The van der Waals surface area contributed by atoms with Crippen LogP contribution in [0.4, 0.5) is 0 Å². The molecule has 0 unspecified atom stereocenters. The zero-order valence-electron chi connectivity index (χ0n) is 12.0. The molecule has 102 valence electrons. The molecule has 1 aromatic heterocycles. The molecule has 1 aliphatic carbocycles. The highest BCUT2D eigenvalue weighted by Gasteiger charge is 2.20. The highest BCUT2D eigenvalue weighted by Crippen LogP contribution is 2.41. The maximum absolute atomic E-state index is 4.96. The Bertz CT molecular complexity index is 1060. The Morgan fingerprint density at radius 2 is 1.41 bits per heavy atom. The molecule has 22 heavy (non-hydrogen) atoms. The summed E-state index contributed by atoms with van der Waals surface area (Å²) in [6.07, 6.45) is 2.26. The Kier molecular flexibility index (Phi) is 2.28. The van der Waals surface area contributed by atoms with Crippen LogP contribution in [-0.4, -0.2) is 4.98 Å². The number of fused-ring (bicyclic) bond motifs is 2. The highest BCUT2D eigenvalue weighted by molar-refractivity contribution is 6.18. The minimum atomic E-state index is 1.06. The van der Waals surface area contributed by atoms with Crippen LogP contribution in [0, 0.1) is 0 Å². The molecule has 0 fully saturated rings. The average molecular weight is 279 g/mol. The van der Waals surface area contributed by atoms with Gasteiger partial charge >= 0.3 is 0 Å². The summed E-state index contributed by atoms with van der Waals surface area (Å²) in [6, 6.07) is 25.4. The maximum atomic E-state index is 4.96. The van der Waals surface area contributed by atoms with Gasteiger partial charge in [0.05, 0.1) is 11.2 Å². The lowest BCUT2D eigenvalue weighted by atomic mass is 10.0. The van der Waals surface area contributed by atoms with Crippen molar-refractivity contribution in [3.8, 4) is 0 Å². The molecular weight excluding hydrogens is 266 g/mol. The SMILES string of the molecule is C1=C(c2ccccc2)c2nc3ccccc3c3cccc1c23. The molecule has 0 saturated carbocycles. The molecule has 1 heteroatoms. The number of hydrogen-bond donors (Lipinski definition) is 0. The van der Waals surface area contributed by atoms with E-state index in [4.69, 9.17) is 4.98 Å². The molecule has 1 nitrogen and oxygen atoms in total. The largest absolute Gasteiger partial charge is 0.247 e. The first-order chi connectivity index (χ1) is 10.9. The third-order valence-corrected chi connectivity index (χ3v) is 4.40. The zero-order valence-corrected chi connectivity index (χ0v) is 12.0. The first-order valence-corrected chi connectivity index (χ1v) is 7.51. The normalized spacial score (nSPS) is 12.8. The van der Waals surface area contributed by atoms with Crippen molar-refractivity contribution in [2.75, 3.05) is 0 Å². The predicted molar refractivity (Wildman–Crippen MR) is 92.7 cm³/mol. The van der Waals surface area contributed by atoms with E-state index in [0.717, 1.165) is 11.2 Å². The van der Waals surface area contributed by atoms with Crippen LogP contribution < -0.4 is 0 Å². The van der Waals surface area contributed by atoms with Gasteiger partial charge in [0.1, 0.15) is 0 Å². The van der Waals surface area contributed by atoms with Crippen molar-refractivity contribution in [3.05, 3.63) is 89.6 Å². The van der Waals surface area contributed by atoms with E-state index in [2.05, 4.69) is 78.9 Å². The van der Waals surface area contributed by atoms with Crippen LogP contribution in [0.2, 0.25) is 0 Å². The van der Waals surface area contributed by atoms with E-state index in [1.54, 1.807) is 0 Å². The van der Waals surface area contributed by atoms with Crippen molar-refractivity contribution in [2.24, 2.45) is 0 Å². The summed E-state index contributed by atoms with van der Waals surface area (Å²) in [6.45, 7) is 0. The Morgan fingerprint density at radius 1 is 0.636 bits per heavy atom. The number of para-hydroxylation sites is 1. The second-order valence-electron chi connectivity index (χ2n) is 5.67. The third-order valence-electron chi connectivity index (χ3n) is 4.40. The summed E-state index contributed by atoms with van der Waals surface area (Å²) in [5.41, 5.74) is 5.88. The summed E-state index contributed by atoms with van der Waals surface area (Å²) < 4.78 is 0. The van der Waals surface area contributed by atoms with Gasteiger partial charge in [-0.2, -0.15) is 0 Å². The molecule has 0 atom stereocenters. The van der Waals surface area contributed by atoms with E-state index < -0.39 is 0 Å². The van der Waals surface area contributed by atoms with Gasteiger partial charge in [-0.3, -0.25) is 0 Å². The minimum Gasteiger partial charge on any atom is -0.247 e. The smallest absolute Gasteiger partial charge is 0.0800 e. The van der Waals surface area contributed by atoms with Crippen LogP contribution in [0.25, 0.3) is 33.3 Å². The molecule has 1 heterocycles. The molecule has 4 aromatic rings. The monoisotopic (exact) mass is 279 g/mol.